The molecule has 14 heterocycles. The van der Waals surface area contributed by atoms with Crippen LogP contribution in [0.5, 0.6) is 0 Å². The van der Waals surface area contributed by atoms with E-state index in [9.17, 15) is 4.79 Å². The first-order valence-electron chi connectivity index (χ1n) is 26.7. The summed E-state index contributed by atoms with van der Waals surface area (Å²) in [6.07, 6.45) is 27.5. The second kappa shape index (κ2) is 21.7. The predicted molar refractivity (Wildman–Crippen MR) is 311 cm³/mol. The zero-order chi connectivity index (χ0) is 56.0. The lowest BCUT2D eigenvalue weighted by Gasteiger charge is -2.21. The van der Waals surface area contributed by atoms with E-state index in [-0.39, 0.29) is 0 Å². The fourth-order valence-electron chi connectivity index (χ4n) is 10.3. The number of nitrogens with zero attached hydrogens (tertiary/aromatic N) is 23. The van der Waals surface area contributed by atoms with Crippen molar-refractivity contribution in [1.82, 2.24) is 113 Å². The van der Waals surface area contributed by atoms with E-state index in [2.05, 4.69) is 112 Å². The molecule has 0 spiro atoms. The third-order valence-corrected chi connectivity index (χ3v) is 15.9. The van der Waals surface area contributed by atoms with Gasteiger partial charge in [-0.3, -0.25) is 18.8 Å². The summed E-state index contributed by atoms with van der Waals surface area (Å²) in [4.78, 5) is 39.8. The van der Waals surface area contributed by atoms with Crippen molar-refractivity contribution < 1.29 is 4.79 Å². The summed E-state index contributed by atoms with van der Waals surface area (Å²) in [5.74, 6) is 0. The van der Waals surface area contributed by atoms with Crippen LogP contribution in [0.2, 0.25) is 5.15 Å². The van der Waals surface area contributed by atoms with Gasteiger partial charge in [0.1, 0.15) is 5.15 Å². The first kappa shape index (κ1) is 50.9. The zero-order valence-corrected chi connectivity index (χ0v) is 46.2. The van der Waals surface area contributed by atoms with Crippen LogP contribution in [-0.4, -0.2) is 119 Å². The quantitative estimate of drug-likeness (QED) is 0.109. The lowest BCUT2D eigenvalue weighted by Crippen LogP contribution is -2.12. The molecule has 0 aliphatic heterocycles. The maximum Gasteiger partial charge on any atom is 0.221 e. The number of hydrogen-bond donors (Lipinski definition) is 0. The molecule has 1 aliphatic rings. The van der Waals surface area contributed by atoms with Crippen LogP contribution in [0.3, 0.4) is 0 Å². The Bertz CT molecular complexity index is 4800. The number of hydrogen-bond acceptors (Lipinski definition) is 17. The van der Waals surface area contributed by atoms with E-state index in [0.29, 0.717) is 76.1 Å². The van der Waals surface area contributed by atoms with Gasteiger partial charge < -0.3 is 8.80 Å². The molecule has 1 aromatic carbocycles. The summed E-state index contributed by atoms with van der Waals surface area (Å²) in [6, 6.07) is 26.7. The van der Waals surface area contributed by atoms with Gasteiger partial charge in [0.05, 0.1) is 85.6 Å². The minimum Gasteiger partial charge on any atom is -0.314 e. The molecule has 410 valence electrons. The van der Waals surface area contributed by atoms with Gasteiger partial charge in [-0.05, 0) is 77.9 Å². The molecule has 15 aromatic rings. The first-order valence-corrected chi connectivity index (χ1v) is 27.9. The van der Waals surface area contributed by atoms with Crippen LogP contribution in [-0.2, 0) is 33.7 Å². The number of aldehydes is 1. The molecule has 16 rings (SSSR count). The highest BCUT2D eigenvalue weighted by atomic mass is 35.5. The first-order chi connectivity index (χ1) is 40.7. The third kappa shape index (κ3) is 10.3. The molecular weight excluding hydrogens is 1090 g/mol. The fourth-order valence-corrected chi connectivity index (χ4v) is 11.6. The molecule has 0 radical (unpaired) electrons. The molecule has 14 aromatic heterocycles. The number of fused-ring (bicyclic) bond motifs is 6. The van der Waals surface area contributed by atoms with E-state index in [4.69, 9.17) is 16.6 Å². The van der Waals surface area contributed by atoms with Gasteiger partial charge in [-0.15, -0.1) is 26.6 Å². The molecule has 0 atom stereocenters. The Balaban J connectivity index is 0.000000111. The van der Waals surface area contributed by atoms with Gasteiger partial charge in [-0.1, -0.05) is 76.8 Å². The second-order valence-corrected chi connectivity index (χ2v) is 21.8. The highest BCUT2D eigenvalue weighted by Gasteiger charge is 2.19. The lowest BCUT2D eigenvalue weighted by atomic mass is 9.96. The number of halogens is 1. The normalized spacial score (nSPS) is 12.9. The standard InChI is InChI=1S/C22H21N7S.C18H14N8O.C17H13ClN8/c1-2-7-17(8-3-1)28-13-16(11-24-28)19-12-23-21-22(25-19)29(27-26-21)14-18-10-15-6-4-5-9-20(15)30-18;1-24-10-13(6-20-24)16-7-19-17-18(21-16)26(23-22-17)9-12-2-3-14-4-5-15(11-27)25(14)8-12;1-24-10-12(6-20-24)14-7-19-16-17(21-14)26(23-22-16)9-11-2-3-13-4-5-15(18)25(13)8-11/h4-6,9-13,17H,1-3,7-8,14H2;2-8,10-11H,9H2,1H3;2-8,10H,9H2,1H3. The third-order valence-electron chi connectivity index (χ3n) is 14.5. The van der Waals surface area contributed by atoms with Gasteiger partial charge >= 0.3 is 0 Å². The summed E-state index contributed by atoms with van der Waals surface area (Å²) in [5.41, 5.74) is 13.1. The van der Waals surface area contributed by atoms with Gasteiger partial charge in [0, 0.05) is 82.4 Å². The number of aromatic nitrogens is 23. The molecule has 0 bridgehead atoms. The van der Waals surface area contributed by atoms with Crippen LogP contribution in [0.1, 0.15) is 64.6 Å². The van der Waals surface area contributed by atoms with Crippen molar-refractivity contribution in [3.8, 4) is 33.8 Å². The molecule has 0 saturated heterocycles. The maximum atomic E-state index is 11.2. The number of thiophene rings is 1. The molecule has 1 fully saturated rings. The van der Waals surface area contributed by atoms with Crippen LogP contribution in [0.25, 0.3) is 88.8 Å². The molecule has 24 nitrogen and oxygen atoms in total. The van der Waals surface area contributed by atoms with Crippen molar-refractivity contribution in [2.45, 2.75) is 57.8 Å². The SMILES string of the molecule is Cn1cc(-c2cnc3nnn(Cc4ccc5ccc(C=O)n5c4)c3n2)cn1.Cn1cc(-c2cnc3nnn(Cc4ccc5ccc(Cl)n5c4)c3n2)cn1.c1ccc2sc(Cn3nnc4ncc(-c5cnn(C6CCCCC6)c5)nc43)cc2c1. The molecule has 1 aliphatic carbocycles. The van der Waals surface area contributed by atoms with Crippen LogP contribution < -0.4 is 0 Å². The Morgan fingerprint density at radius 1 is 0.554 bits per heavy atom. The van der Waals surface area contributed by atoms with E-state index in [1.165, 1.54) is 47.1 Å². The summed E-state index contributed by atoms with van der Waals surface area (Å²) < 4.78 is 15.9. The van der Waals surface area contributed by atoms with Gasteiger partial charge in [0.2, 0.25) is 16.9 Å². The highest BCUT2D eigenvalue weighted by molar-refractivity contribution is 7.19. The van der Waals surface area contributed by atoms with Crippen molar-refractivity contribution in [2.24, 2.45) is 14.1 Å². The average molecular weight is 1140 g/mol. The highest BCUT2D eigenvalue weighted by Crippen LogP contribution is 2.31. The molecule has 1 saturated carbocycles. The second-order valence-electron chi connectivity index (χ2n) is 20.2. The maximum absolute atomic E-state index is 11.2. The number of rotatable bonds is 11. The van der Waals surface area contributed by atoms with Crippen molar-refractivity contribution >= 4 is 84.2 Å². The monoisotopic (exact) mass is 1140 g/mol. The summed E-state index contributed by atoms with van der Waals surface area (Å²) in [5, 5.41) is 40.0. The predicted octanol–water partition coefficient (Wildman–Crippen LogP) is 9.16. The molecular formula is C57H48ClN23OS. The van der Waals surface area contributed by atoms with Crippen molar-refractivity contribution in [3.05, 3.63) is 174 Å². The van der Waals surface area contributed by atoms with Crippen molar-refractivity contribution in [2.75, 3.05) is 0 Å². The van der Waals surface area contributed by atoms with E-state index in [1.54, 1.807) is 67.1 Å². The Kier molecular flexibility index (Phi) is 13.3. The van der Waals surface area contributed by atoms with Crippen LogP contribution >= 0.6 is 22.9 Å². The molecule has 83 heavy (non-hydrogen) atoms. The van der Waals surface area contributed by atoms with Crippen LogP contribution in [0.15, 0.2) is 147 Å². The van der Waals surface area contributed by atoms with E-state index >= 15 is 0 Å². The largest absolute Gasteiger partial charge is 0.314 e. The van der Waals surface area contributed by atoms with E-state index in [0.717, 1.165) is 56.5 Å². The van der Waals surface area contributed by atoms with Crippen molar-refractivity contribution in [3.63, 3.8) is 0 Å². The smallest absolute Gasteiger partial charge is 0.221 e. The summed E-state index contributed by atoms with van der Waals surface area (Å²) >= 11 is 7.98. The van der Waals surface area contributed by atoms with E-state index in [1.807, 2.05) is 101 Å². The minimum atomic E-state index is 0.466. The average Bonchev–Trinajstić information content (AvgIpc) is 4.58. The summed E-state index contributed by atoms with van der Waals surface area (Å²) in [7, 11) is 3.72. The molecule has 0 amide bonds. The van der Waals surface area contributed by atoms with Crippen LogP contribution in [0.4, 0.5) is 0 Å². The lowest BCUT2D eigenvalue weighted by molar-refractivity contribution is 0.111. The Morgan fingerprint density at radius 2 is 1.07 bits per heavy atom. The van der Waals surface area contributed by atoms with Gasteiger partial charge in [-0.2, -0.15) is 15.3 Å². The Hall–Kier alpha value is -10.3. The van der Waals surface area contributed by atoms with Gasteiger partial charge in [-0.25, -0.2) is 43.9 Å². The molecule has 0 unspecified atom stereocenters. The van der Waals surface area contributed by atoms with Crippen molar-refractivity contribution in [1.29, 1.82) is 0 Å². The number of carbonyl (C=O) groups excluding carboxylic acids is 1. The number of benzene rings is 1. The van der Waals surface area contributed by atoms with Gasteiger partial charge in [0.25, 0.3) is 0 Å². The zero-order valence-electron chi connectivity index (χ0n) is 44.6. The minimum absolute atomic E-state index is 0.466. The molecule has 26 heteroatoms. The number of aryl methyl sites for hydroxylation is 2. The topological polar surface area (TPSA) is 249 Å². The van der Waals surface area contributed by atoms with Gasteiger partial charge in [0.15, 0.2) is 23.2 Å². The Labute approximate surface area is 479 Å². The Morgan fingerprint density at radius 3 is 1.64 bits per heavy atom. The summed E-state index contributed by atoms with van der Waals surface area (Å²) in [6.45, 7) is 1.62. The molecule has 0 N–H and O–H groups in total. The van der Waals surface area contributed by atoms with E-state index < -0.39 is 0 Å². The number of carbonyl (C=O) groups is 1. The number of pyridine rings is 2. The van der Waals surface area contributed by atoms with Crippen LogP contribution in [0, 0.1) is 0 Å². The fraction of sp³-hybridized carbons (Fsp3) is 0.193.